The highest BCUT2D eigenvalue weighted by atomic mass is 32.2. The van der Waals surface area contributed by atoms with E-state index in [1.165, 1.54) is 6.26 Å². The number of nitrogens with one attached hydrogen (secondary N) is 2. The number of hydrogen-bond acceptors (Lipinski definition) is 4. The third-order valence-electron chi connectivity index (χ3n) is 2.39. The van der Waals surface area contributed by atoms with Gasteiger partial charge in [-0.25, -0.2) is 8.42 Å². The number of carbonyl (C=O) groups is 1. The molecule has 1 aliphatic rings. The second kappa shape index (κ2) is 5.46. The SMILES string of the molecule is CS(=O)(=O)CCCNC1CCC(=O)NC1. The van der Waals surface area contributed by atoms with Gasteiger partial charge in [0.05, 0.1) is 5.75 Å². The minimum absolute atomic E-state index is 0.101. The van der Waals surface area contributed by atoms with Gasteiger partial charge in [0.25, 0.3) is 0 Å². The first-order chi connectivity index (χ1) is 6.97. The summed E-state index contributed by atoms with van der Waals surface area (Å²) in [6.07, 6.45) is 3.27. The van der Waals surface area contributed by atoms with Crippen LogP contribution in [0.2, 0.25) is 0 Å². The van der Waals surface area contributed by atoms with Gasteiger partial charge in [0.2, 0.25) is 5.91 Å². The quantitative estimate of drug-likeness (QED) is 0.616. The molecule has 1 amide bonds. The lowest BCUT2D eigenvalue weighted by Gasteiger charge is -2.23. The molecule has 1 aliphatic heterocycles. The number of piperidine rings is 1. The molecule has 1 unspecified atom stereocenters. The Labute approximate surface area is 90.5 Å². The first kappa shape index (κ1) is 12.4. The van der Waals surface area contributed by atoms with E-state index < -0.39 is 9.84 Å². The monoisotopic (exact) mass is 234 g/mol. The maximum absolute atomic E-state index is 10.9. The molecule has 88 valence electrons. The average Bonchev–Trinajstić information content (AvgIpc) is 2.14. The Balaban J connectivity index is 2.08. The molecule has 1 atom stereocenters. The Morgan fingerprint density at radius 2 is 2.27 bits per heavy atom. The minimum Gasteiger partial charge on any atom is -0.355 e. The van der Waals surface area contributed by atoms with Crippen molar-refractivity contribution in [2.45, 2.75) is 25.3 Å². The third-order valence-corrected chi connectivity index (χ3v) is 3.42. The highest BCUT2D eigenvalue weighted by molar-refractivity contribution is 7.90. The van der Waals surface area contributed by atoms with Crippen molar-refractivity contribution in [2.24, 2.45) is 0 Å². The van der Waals surface area contributed by atoms with Crippen LogP contribution in [0, 0.1) is 0 Å². The van der Waals surface area contributed by atoms with Crippen LogP contribution in [0.4, 0.5) is 0 Å². The largest absolute Gasteiger partial charge is 0.355 e. The van der Waals surface area contributed by atoms with Crippen LogP contribution < -0.4 is 10.6 Å². The maximum atomic E-state index is 10.9. The standard InChI is InChI=1S/C9H18N2O3S/c1-15(13,14)6-2-5-10-8-3-4-9(12)11-7-8/h8,10H,2-7H2,1H3,(H,11,12). The fourth-order valence-corrected chi connectivity index (χ4v) is 2.22. The van der Waals surface area contributed by atoms with E-state index in [9.17, 15) is 13.2 Å². The lowest BCUT2D eigenvalue weighted by molar-refractivity contribution is -0.122. The van der Waals surface area contributed by atoms with E-state index in [1.54, 1.807) is 0 Å². The summed E-state index contributed by atoms with van der Waals surface area (Å²) in [4.78, 5) is 10.9. The van der Waals surface area contributed by atoms with Crippen LogP contribution in [0.15, 0.2) is 0 Å². The second-order valence-corrected chi connectivity index (χ2v) is 6.24. The third kappa shape index (κ3) is 5.74. The molecule has 0 aliphatic carbocycles. The van der Waals surface area contributed by atoms with Gasteiger partial charge in [-0.2, -0.15) is 0 Å². The number of rotatable bonds is 5. The zero-order valence-electron chi connectivity index (χ0n) is 8.95. The molecule has 0 bridgehead atoms. The van der Waals surface area contributed by atoms with Crippen LogP contribution >= 0.6 is 0 Å². The van der Waals surface area contributed by atoms with E-state index in [1.807, 2.05) is 0 Å². The Hall–Kier alpha value is -0.620. The second-order valence-electron chi connectivity index (χ2n) is 3.98. The van der Waals surface area contributed by atoms with E-state index in [0.29, 0.717) is 32.0 Å². The van der Waals surface area contributed by atoms with Gasteiger partial charge in [-0.05, 0) is 19.4 Å². The Morgan fingerprint density at radius 1 is 1.53 bits per heavy atom. The van der Waals surface area contributed by atoms with Crippen molar-refractivity contribution in [3.05, 3.63) is 0 Å². The van der Waals surface area contributed by atoms with Crippen molar-refractivity contribution < 1.29 is 13.2 Å². The summed E-state index contributed by atoms with van der Waals surface area (Å²) in [5.41, 5.74) is 0. The lowest BCUT2D eigenvalue weighted by Crippen LogP contribution is -2.46. The molecule has 0 aromatic heterocycles. The first-order valence-corrected chi connectivity index (χ1v) is 7.21. The fourth-order valence-electron chi connectivity index (χ4n) is 1.55. The Kier molecular flexibility index (Phi) is 4.53. The van der Waals surface area contributed by atoms with Gasteiger partial charge in [0, 0.05) is 25.3 Å². The zero-order chi connectivity index (χ0) is 11.3. The van der Waals surface area contributed by atoms with E-state index in [4.69, 9.17) is 0 Å². The highest BCUT2D eigenvalue weighted by Crippen LogP contribution is 2.02. The smallest absolute Gasteiger partial charge is 0.220 e. The van der Waals surface area contributed by atoms with E-state index in [2.05, 4.69) is 10.6 Å². The predicted molar refractivity (Wildman–Crippen MR) is 58.4 cm³/mol. The molecular weight excluding hydrogens is 216 g/mol. The predicted octanol–water partition coefficient (Wildman–Crippen LogP) is -0.711. The molecule has 6 heteroatoms. The van der Waals surface area contributed by atoms with Crippen LogP contribution in [0.1, 0.15) is 19.3 Å². The molecule has 5 nitrogen and oxygen atoms in total. The zero-order valence-corrected chi connectivity index (χ0v) is 9.77. The fraction of sp³-hybridized carbons (Fsp3) is 0.889. The summed E-state index contributed by atoms with van der Waals surface area (Å²) >= 11 is 0. The van der Waals surface area contributed by atoms with Crippen LogP contribution in [0.3, 0.4) is 0 Å². The van der Waals surface area contributed by atoms with Crippen molar-refractivity contribution in [3.8, 4) is 0 Å². The normalized spacial score (nSPS) is 22.5. The first-order valence-electron chi connectivity index (χ1n) is 5.15. The Morgan fingerprint density at radius 3 is 2.80 bits per heavy atom. The molecular formula is C9H18N2O3S. The van der Waals surface area contributed by atoms with E-state index >= 15 is 0 Å². The lowest BCUT2D eigenvalue weighted by atomic mass is 10.1. The van der Waals surface area contributed by atoms with Crippen LogP contribution in [0.5, 0.6) is 0 Å². The molecule has 0 aromatic rings. The average molecular weight is 234 g/mol. The van der Waals surface area contributed by atoms with E-state index in [-0.39, 0.29) is 11.7 Å². The van der Waals surface area contributed by atoms with Gasteiger partial charge >= 0.3 is 0 Å². The van der Waals surface area contributed by atoms with Gasteiger partial charge in [-0.1, -0.05) is 0 Å². The van der Waals surface area contributed by atoms with Crippen molar-refractivity contribution in [1.29, 1.82) is 0 Å². The molecule has 1 heterocycles. The topological polar surface area (TPSA) is 75.3 Å². The number of carbonyl (C=O) groups excluding carboxylic acids is 1. The van der Waals surface area contributed by atoms with Gasteiger partial charge in [-0.15, -0.1) is 0 Å². The van der Waals surface area contributed by atoms with Gasteiger partial charge < -0.3 is 10.6 Å². The van der Waals surface area contributed by atoms with Gasteiger partial charge in [0.15, 0.2) is 0 Å². The van der Waals surface area contributed by atoms with Crippen LogP contribution in [0.25, 0.3) is 0 Å². The summed E-state index contributed by atoms with van der Waals surface area (Å²) in [6.45, 7) is 1.34. The molecule has 1 saturated heterocycles. The van der Waals surface area contributed by atoms with Gasteiger partial charge in [0.1, 0.15) is 9.84 Å². The number of amides is 1. The van der Waals surface area contributed by atoms with Crippen molar-refractivity contribution >= 4 is 15.7 Å². The van der Waals surface area contributed by atoms with Crippen LogP contribution in [-0.4, -0.2) is 45.5 Å². The number of sulfone groups is 1. The van der Waals surface area contributed by atoms with E-state index in [0.717, 1.165) is 6.42 Å². The molecule has 0 radical (unpaired) electrons. The summed E-state index contributed by atoms with van der Waals surface area (Å²) in [5.74, 6) is 0.322. The summed E-state index contributed by atoms with van der Waals surface area (Å²) in [6, 6.07) is 0.294. The Bertz CT molecular complexity index is 303. The molecule has 0 saturated carbocycles. The summed E-state index contributed by atoms with van der Waals surface area (Å²) < 4.78 is 21.7. The molecule has 15 heavy (non-hydrogen) atoms. The molecule has 1 fully saturated rings. The number of hydrogen-bond donors (Lipinski definition) is 2. The highest BCUT2D eigenvalue weighted by Gasteiger charge is 2.16. The molecule has 1 rings (SSSR count). The molecule has 0 spiro atoms. The van der Waals surface area contributed by atoms with Crippen molar-refractivity contribution in [2.75, 3.05) is 25.1 Å². The van der Waals surface area contributed by atoms with Gasteiger partial charge in [-0.3, -0.25) is 4.79 Å². The summed E-state index contributed by atoms with van der Waals surface area (Å²) in [7, 11) is -2.85. The maximum Gasteiger partial charge on any atom is 0.220 e. The molecule has 2 N–H and O–H groups in total. The summed E-state index contributed by atoms with van der Waals surface area (Å²) in [5, 5.41) is 6.01. The molecule has 0 aromatic carbocycles. The van der Waals surface area contributed by atoms with Crippen molar-refractivity contribution in [3.63, 3.8) is 0 Å². The van der Waals surface area contributed by atoms with Crippen molar-refractivity contribution in [1.82, 2.24) is 10.6 Å². The van der Waals surface area contributed by atoms with Crippen LogP contribution in [-0.2, 0) is 14.6 Å². The minimum atomic E-state index is -2.85.